The molecule has 2 heterocycles. The molecule has 132 valence electrons. The average Bonchev–Trinajstić information content (AvgIpc) is 3.15. The van der Waals surface area contributed by atoms with Crippen LogP contribution in [0.4, 0.5) is 13.2 Å². The third-order valence-corrected chi connectivity index (χ3v) is 5.45. The maximum absolute atomic E-state index is 13.2. The highest BCUT2D eigenvalue weighted by atomic mass is 32.2. The second kappa shape index (κ2) is 7.45. The highest BCUT2D eigenvalue weighted by Gasteiger charge is 2.35. The monoisotopic (exact) mass is 393 g/mol. The molecular weight excluding hydrogens is 383 g/mol. The standard InChI is InChI=1S/C17H10F3N3OS2/c18-17(19,20)15-8-13(14-6-3-7-25-14)22-16(23-15)26(24)10-12-5-2-1-4-11(12)9-21/h1-8H,10H2. The number of nitrogens with zero attached hydrogens (tertiary/aromatic N) is 3. The van der Waals surface area contributed by atoms with Crippen LogP contribution in [0.2, 0.25) is 0 Å². The lowest BCUT2D eigenvalue weighted by Gasteiger charge is -2.13. The Hall–Kier alpha value is -2.41. The number of hydrogen-bond acceptors (Lipinski definition) is 5. The van der Waals surface area contributed by atoms with E-state index < -0.39 is 28.2 Å². The molecule has 1 atom stereocenters. The summed E-state index contributed by atoms with van der Waals surface area (Å²) in [6.45, 7) is 0. The lowest BCUT2D eigenvalue weighted by atomic mass is 10.1. The van der Waals surface area contributed by atoms with Crippen molar-refractivity contribution >= 4 is 22.5 Å². The van der Waals surface area contributed by atoms with Gasteiger partial charge in [-0.1, -0.05) is 24.3 Å². The molecule has 0 saturated carbocycles. The van der Waals surface area contributed by atoms with E-state index in [9.17, 15) is 17.7 Å². The molecule has 0 N–H and O–H groups in total. The Labute approximate surface area is 154 Å². The number of halogens is 3. The van der Waals surface area contributed by atoms with Gasteiger partial charge in [0, 0.05) is 16.7 Å². The molecule has 0 saturated heterocycles. The van der Waals surface area contributed by atoms with Gasteiger partial charge >= 0.3 is 11.3 Å². The van der Waals surface area contributed by atoms with Crippen LogP contribution in [-0.4, -0.2) is 14.5 Å². The van der Waals surface area contributed by atoms with E-state index in [1.165, 1.54) is 11.3 Å². The third-order valence-electron chi connectivity index (χ3n) is 3.40. The molecule has 0 spiro atoms. The third kappa shape index (κ3) is 4.04. The summed E-state index contributed by atoms with van der Waals surface area (Å²) in [4.78, 5) is 8.03. The summed E-state index contributed by atoms with van der Waals surface area (Å²) in [5.41, 5.74) is -0.301. The van der Waals surface area contributed by atoms with Crippen LogP contribution in [0.3, 0.4) is 0 Å². The summed E-state index contributed by atoms with van der Waals surface area (Å²) in [6.07, 6.45) is -4.68. The zero-order chi connectivity index (χ0) is 18.7. The van der Waals surface area contributed by atoms with E-state index in [-0.39, 0.29) is 11.4 Å². The molecule has 3 rings (SSSR count). The second-order valence-electron chi connectivity index (χ2n) is 5.15. The van der Waals surface area contributed by atoms with E-state index in [1.807, 2.05) is 6.07 Å². The maximum atomic E-state index is 13.2. The van der Waals surface area contributed by atoms with E-state index >= 15 is 0 Å². The summed E-state index contributed by atoms with van der Waals surface area (Å²) < 4.78 is 52.1. The fraction of sp³-hybridized carbons (Fsp3) is 0.118. The first-order chi connectivity index (χ1) is 12.4. The Balaban J connectivity index is 2.00. The van der Waals surface area contributed by atoms with Crippen LogP contribution in [0.25, 0.3) is 10.6 Å². The van der Waals surface area contributed by atoms with Gasteiger partial charge in [0.1, 0.15) is 5.75 Å². The molecule has 1 unspecified atom stereocenters. The summed E-state index contributed by atoms with van der Waals surface area (Å²) in [5.74, 6) is -0.144. The van der Waals surface area contributed by atoms with Crippen LogP contribution in [0, 0.1) is 11.3 Å². The molecule has 0 bridgehead atoms. The van der Waals surface area contributed by atoms with Gasteiger partial charge in [0.2, 0.25) is 0 Å². The van der Waals surface area contributed by atoms with Crippen LogP contribution in [0.15, 0.2) is 53.0 Å². The first-order valence-corrected chi connectivity index (χ1v) is 9.45. The van der Waals surface area contributed by atoms with Crippen molar-refractivity contribution in [2.24, 2.45) is 0 Å². The number of benzene rings is 1. The number of aromatic nitrogens is 2. The van der Waals surface area contributed by atoms with Crippen LogP contribution < -0.4 is 0 Å². The minimum Gasteiger partial charge on any atom is -0.609 e. The van der Waals surface area contributed by atoms with E-state index in [2.05, 4.69) is 9.97 Å². The first kappa shape index (κ1) is 18.4. The van der Waals surface area contributed by atoms with Gasteiger partial charge in [-0.2, -0.15) is 28.4 Å². The zero-order valence-electron chi connectivity index (χ0n) is 13.0. The molecule has 2 aromatic heterocycles. The topological polar surface area (TPSA) is 72.6 Å². The molecule has 9 heteroatoms. The van der Waals surface area contributed by atoms with E-state index in [1.54, 1.807) is 41.8 Å². The second-order valence-corrected chi connectivity index (χ2v) is 7.45. The Morgan fingerprint density at radius 3 is 2.58 bits per heavy atom. The molecule has 26 heavy (non-hydrogen) atoms. The van der Waals surface area contributed by atoms with Gasteiger partial charge in [0.15, 0.2) is 5.69 Å². The lowest BCUT2D eigenvalue weighted by molar-refractivity contribution is -0.141. The normalized spacial score (nSPS) is 12.6. The lowest BCUT2D eigenvalue weighted by Crippen LogP contribution is -2.16. The first-order valence-electron chi connectivity index (χ1n) is 7.25. The number of rotatable bonds is 4. The van der Waals surface area contributed by atoms with Gasteiger partial charge in [0.05, 0.1) is 22.2 Å². The van der Waals surface area contributed by atoms with E-state index in [0.717, 1.165) is 6.07 Å². The predicted octanol–water partition coefficient (Wildman–Crippen LogP) is 4.40. The molecule has 0 aliphatic carbocycles. The summed E-state index contributed by atoms with van der Waals surface area (Å²) in [5, 5.41) is 10.4. The van der Waals surface area contributed by atoms with Crippen molar-refractivity contribution in [3.63, 3.8) is 0 Å². The number of hydrogen-bond donors (Lipinski definition) is 0. The minimum atomic E-state index is -4.68. The Morgan fingerprint density at radius 2 is 1.92 bits per heavy atom. The zero-order valence-corrected chi connectivity index (χ0v) is 14.7. The predicted molar refractivity (Wildman–Crippen MR) is 91.6 cm³/mol. The number of thiophene rings is 1. The minimum absolute atomic E-state index is 0.0687. The van der Waals surface area contributed by atoms with Crippen LogP contribution >= 0.6 is 11.3 Å². The quantitative estimate of drug-likeness (QED) is 0.486. The molecular formula is C17H10F3N3OS2. The van der Waals surface area contributed by atoms with Gasteiger partial charge in [-0.15, -0.1) is 11.3 Å². The Kier molecular flexibility index (Phi) is 5.27. The molecule has 0 fully saturated rings. The van der Waals surface area contributed by atoms with Crippen molar-refractivity contribution < 1.29 is 17.7 Å². The molecule has 1 aromatic carbocycles. The Bertz CT molecular complexity index is 953. The van der Waals surface area contributed by atoms with Crippen molar-refractivity contribution in [1.82, 2.24) is 9.97 Å². The molecule has 4 nitrogen and oxygen atoms in total. The Morgan fingerprint density at radius 1 is 1.15 bits per heavy atom. The van der Waals surface area contributed by atoms with Crippen LogP contribution in [0.1, 0.15) is 16.8 Å². The van der Waals surface area contributed by atoms with Crippen molar-refractivity contribution in [2.45, 2.75) is 17.1 Å². The van der Waals surface area contributed by atoms with Crippen molar-refractivity contribution in [2.75, 3.05) is 0 Å². The van der Waals surface area contributed by atoms with Gasteiger partial charge in [-0.05, 0) is 23.6 Å². The highest BCUT2D eigenvalue weighted by Crippen LogP contribution is 2.32. The average molecular weight is 393 g/mol. The summed E-state index contributed by atoms with van der Waals surface area (Å²) in [6, 6.07) is 12.6. The smallest absolute Gasteiger partial charge is 0.433 e. The van der Waals surface area contributed by atoms with Gasteiger partial charge < -0.3 is 4.55 Å². The fourth-order valence-corrected chi connectivity index (χ4v) is 3.93. The van der Waals surface area contributed by atoms with Crippen molar-refractivity contribution in [3.05, 3.63) is 64.7 Å². The molecule has 0 amide bonds. The molecule has 0 aliphatic heterocycles. The highest BCUT2D eigenvalue weighted by molar-refractivity contribution is 7.90. The molecule has 0 aliphatic rings. The SMILES string of the molecule is N#Cc1ccccc1C[S+]([O-])c1nc(-c2cccs2)cc(C(F)(F)F)n1. The maximum Gasteiger partial charge on any atom is 0.433 e. The van der Waals surface area contributed by atoms with Crippen molar-refractivity contribution in [1.29, 1.82) is 5.26 Å². The molecule has 0 radical (unpaired) electrons. The van der Waals surface area contributed by atoms with Crippen LogP contribution in [0.5, 0.6) is 0 Å². The van der Waals surface area contributed by atoms with Crippen LogP contribution in [-0.2, 0) is 23.1 Å². The van der Waals surface area contributed by atoms with Gasteiger partial charge in [-0.3, -0.25) is 0 Å². The number of nitriles is 1. The largest absolute Gasteiger partial charge is 0.609 e. The van der Waals surface area contributed by atoms with Gasteiger partial charge in [0.25, 0.3) is 0 Å². The molecule has 3 aromatic rings. The summed E-state index contributed by atoms with van der Waals surface area (Å²) in [7, 11) is 0. The summed E-state index contributed by atoms with van der Waals surface area (Å²) >= 11 is -0.706. The van der Waals surface area contributed by atoms with E-state index in [4.69, 9.17) is 5.26 Å². The van der Waals surface area contributed by atoms with Crippen molar-refractivity contribution in [3.8, 4) is 16.6 Å². The number of alkyl halides is 3. The fourth-order valence-electron chi connectivity index (χ4n) is 2.18. The van der Waals surface area contributed by atoms with E-state index in [0.29, 0.717) is 16.0 Å². The van der Waals surface area contributed by atoms with Gasteiger partial charge in [-0.25, -0.2) is 0 Å².